The highest BCUT2D eigenvalue weighted by Gasteiger charge is 2.23. The molecule has 94 valence electrons. The zero-order valence-corrected chi connectivity index (χ0v) is 10.5. The quantitative estimate of drug-likeness (QED) is 0.745. The minimum atomic E-state index is 0.456. The van der Waals surface area contributed by atoms with Gasteiger partial charge in [-0.1, -0.05) is 32.1 Å². The van der Waals surface area contributed by atoms with Crippen molar-refractivity contribution >= 4 is 0 Å². The van der Waals surface area contributed by atoms with Gasteiger partial charge in [-0.3, -0.25) is 0 Å². The van der Waals surface area contributed by atoms with Crippen LogP contribution in [0.5, 0.6) is 0 Å². The molecule has 16 heavy (non-hydrogen) atoms. The highest BCUT2D eigenvalue weighted by Crippen LogP contribution is 2.27. The molecule has 2 aliphatic rings. The molecule has 0 bridgehead atoms. The van der Waals surface area contributed by atoms with E-state index in [2.05, 4.69) is 0 Å². The third kappa shape index (κ3) is 3.74. The molecule has 0 radical (unpaired) electrons. The van der Waals surface area contributed by atoms with Crippen molar-refractivity contribution in [1.29, 1.82) is 0 Å². The van der Waals surface area contributed by atoms with Crippen molar-refractivity contribution in [2.45, 2.75) is 76.4 Å². The topological polar surface area (TPSA) is 35.2 Å². The molecule has 2 fully saturated rings. The molecule has 2 aliphatic carbocycles. The number of rotatable bonds is 4. The van der Waals surface area contributed by atoms with Crippen LogP contribution >= 0.6 is 0 Å². The first-order valence-corrected chi connectivity index (χ1v) is 7.23. The lowest BCUT2D eigenvalue weighted by Gasteiger charge is -2.19. The number of ether oxygens (including phenoxy) is 1. The van der Waals surface area contributed by atoms with Crippen LogP contribution < -0.4 is 5.73 Å². The van der Waals surface area contributed by atoms with Gasteiger partial charge in [0, 0.05) is 12.6 Å². The molecule has 0 spiro atoms. The van der Waals surface area contributed by atoms with E-state index in [9.17, 15) is 0 Å². The van der Waals surface area contributed by atoms with Gasteiger partial charge in [0.05, 0.1) is 6.10 Å². The van der Waals surface area contributed by atoms with Crippen molar-refractivity contribution < 1.29 is 4.74 Å². The molecule has 0 saturated heterocycles. The summed E-state index contributed by atoms with van der Waals surface area (Å²) in [6.45, 7) is 0.947. The van der Waals surface area contributed by atoms with Gasteiger partial charge in [0.2, 0.25) is 0 Å². The summed E-state index contributed by atoms with van der Waals surface area (Å²) in [5.74, 6) is 0.741. The van der Waals surface area contributed by atoms with Crippen molar-refractivity contribution in [3.05, 3.63) is 0 Å². The van der Waals surface area contributed by atoms with Crippen LogP contribution in [0.1, 0.15) is 64.2 Å². The summed E-state index contributed by atoms with van der Waals surface area (Å²) in [5, 5.41) is 0. The van der Waals surface area contributed by atoms with Crippen molar-refractivity contribution in [2.75, 3.05) is 6.61 Å². The number of nitrogens with two attached hydrogens (primary N) is 1. The molecule has 2 atom stereocenters. The van der Waals surface area contributed by atoms with Gasteiger partial charge in [-0.05, 0) is 38.0 Å². The largest absolute Gasteiger partial charge is 0.378 e. The summed E-state index contributed by atoms with van der Waals surface area (Å²) >= 11 is 0. The fraction of sp³-hybridized carbons (Fsp3) is 1.00. The fourth-order valence-electron chi connectivity index (χ4n) is 3.22. The van der Waals surface area contributed by atoms with Gasteiger partial charge in [0.1, 0.15) is 0 Å². The standard InChI is InChI=1S/C14H27NO/c15-14-9-5-6-12(14)10-11-16-13-7-3-1-2-4-8-13/h12-14H,1-11,15H2. The molecule has 2 nitrogen and oxygen atoms in total. The molecule has 2 N–H and O–H groups in total. The van der Waals surface area contributed by atoms with Crippen molar-refractivity contribution in [3.63, 3.8) is 0 Å². The number of hydrogen-bond acceptors (Lipinski definition) is 2. The van der Waals surface area contributed by atoms with Crippen LogP contribution in [0.3, 0.4) is 0 Å². The Morgan fingerprint density at radius 2 is 1.62 bits per heavy atom. The minimum Gasteiger partial charge on any atom is -0.378 e. The molecule has 0 amide bonds. The van der Waals surface area contributed by atoms with Crippen LogP contribution in [0.15, 0.2) is 0 Å². The minimum absolute atomic E-state index is 0.456. The lowest BCUT2D eigenvalue weighted by atomic mass is 10.0. The maximum atomic E-state index is 6.07. The van der Waals surface area contributed by atoms with Crippen molar-refractivity contribution in [3.8, 4) is 0 Å². The molecule has 0 heterocycles. The van der Waals surface area contributed by atoms with Gasteiger partial charge in [-0.15, -0.1) is 0 Å². The van der Waals surface area contributed by atoms with Gasteiger partial charge < -0.3 is 10.5 Å². The van der Waals surface area contributed by atoms with E-state index in [0.717, 1.165) is 12.5 Å². The summed E-state index contributed by atoms with van der Waals surface area (Å²) < 4.78 is 6.02. The number of hydrogen-bond donors (Lipinski definition) is 1. The molecular weight excluding hydrogens is 198 g/mol. The Hall–Kier alpha value is -0.0800. The molecule has 2 unspecified atom stereocenters. The molecule has 2 rings (SSSR count). The first kappa shape index (κ1) is 12.4. The summed E-state index contributed by atoms with van der Waals surface area (Å²) in [7, 11) is 0. The molecule has 2 saturated carbocycles. The SMILES string of the molecule is NC1CCCC1CCOC1CCCCCC1. The first-order valence-electron chi connectivity index (χ1n) is 7.23. The van der Waals surface area contributed by atoms with E-state index in [1.807, 2.05) is 0 Å². The Morgan fingerprint density at radius 1 is 0.875 bits per heavy atom. The summed E-state index contributed by atoms with van der Waals surface area (Å²) in [6.07, 6.45) is 13.8. The smallest absolute Gasteiger partial charge is 0.0575 e. The second-order valence-electron chi connectivity index (χ2n) is 5.63. The maximum Gasteiger partial charge on any atom is 0.0575 e. The van der Waals surface area contributed by atoms with Crippen LogP contribution in [0.2, 0.25) is 0 Å². The highest BCUT2D eigenvalue weighted by atomic mass is 16.5. The van der Waals surface area contributed by atoms with Crippen molar-refractivity contribution in [1.82, 2.24) is 0 Å². The Morgan fingerprint density at radius 3 is 2.25 bits per heavy atom. The van der Waals surface area contributed by atoms with Gasteiger partial charge in [0.15, 0.2) is 0 Å². The van der Waals surface area contributed by atoms with E-state index >= 15 is 0 Å². The maximum absolute atomic E-state index is 6.07. The summed E-state index contributed by atoms with van der Waals surface area (Å²) in [6, 6.07) is 0.456. The zero-order valence-electron chi connectivity index (χ0n) is 10.5. The highest BCUT2D eigenvalue weighted by molar-refractivity contribution is 4.79. The third-order valence-corrected chi connectivity index (χ3v) is 4.36. The first-order chi connectivity index (χ1) is 7.86. The van der Waals surface area contributed by atoms with Crippen LogP contribution in [0.4, 0.5) is 0 Å². The van der Waals surface area contributed by atoms with E-state index in [-0.39, 0.29) is 0 Å². The zero-order chi connectivity index (χ0) is 11.2. The molecule has 0 aromatic rings. The van der Waals surface area contributed by atoms with Gasteiger partial charge >= 0.3 is 0 Å². The molecule has 2 heteroatoms. The van der Waals surface area contributed by atoms with Gasteiger partial charge in [-0.2, -0.15) is 0 Å². The van der Waals surface area contributed by atoms with E-state index in [1.54, 1.807) is 0 Å². The summed E-state index contributed by atoms with van der Waals surface area (Å²) in [4.78, 5) is 0. The average Bonchev–Trinajstić information content (AvgIpc) is 2.55. The average molecular weight is 225 g/mol. The third-order valence-electron chi connectivity index (χ3n) is 4.36. The summed E-state index contributed by atoms with van der Waals surface area (Å²) in [5.41, 5.74) is 6.07. The molecule has 0 aromatic heterocycles. The second-order valence-corrected chi connectivity index (χ2v) is 5.63. The molecule has 0 aromatic carbocycles. The lowest BCUT2D eigenvalue weighted by molar-refractivity contribution is 0.0345. The van der Waals surface area contributed by atoms with E-state index in [4.69, 9.17) is 10.5 Å². The lowest BCUT2D eigenvalue weighted by Crippen LogP contribution is -2.26. The van der Waals surface area contributed by atoms with E-state index < -0.39 is 0 Å². The predicted octanol–water partition coefficient (Wildman–Crippen LogP) is 3.24. The van der Waals surface area contributed by atoms with Crippen LogP contribution in [0.25, 0.3) is 0 Å². The monoisotopic (exact) mass is 225 g/mol. The Bertz CT molecular complexity index is 187. The van der Waals surface area contributed by atoms with Gasteiger partial charge in [0.25, 0.3) is 0 Å². The van der Waals surface area contributed by atoms with Crippen LogP contribution in [0, 0.1) is 5.92 Å². The molecular formula is C14H27NO. The molecule has 0 aliphatic heterocycles. The Balaban J connectivity index is 1.59. The van der Waals surface area contributed by atoms with Gasteiger partial charge in [-0.25, -0.2) is 0 Å². The normalized spacial score (nSPS) is 32.8. The van der Waals surface area contributed by atoms with Crippen molar-refractivity contribution in [2.24, 2.45) is 11.7 Å². The van der Waals surface area contributed by atoms with E-state index in [0.29, 0.717) is 12.1 Å². The Labute approximate surface area is 99.9 Å². The fourth-order valence-corrected chi connectivity index (χ4v) is 3.22. The second kappa shape index (κ2) is 6.61. The van der Waals surface area contributed by atoms with Crippen LogP contribution in [-0.2, 0) is 4.74 Å². The van der Waals surface area contributed by atoms with Crippen LogP contribution in [-0.4, -0.2) is 18.8 Å². The van der Waals surface area contributed by atoms with E-state index in [1.165, 1.54) is 64.2 Å². The predicted molar refractivity (Wildman–Crippen MR) is 67.4 cm³/mol. The Kier molecular flexibility index (Phi) is 5.11.